The Balaban J connectivity index is 2.11. The van der Waals surface area contributed by atoms with Gasteiger partial charge < -0.3 is 9.84 Å². The molecule has 1 atom stereocenters. The van der Waals surface area contributed by atoms with Gasteiger partial charge in [-0.25, -0.2) is 4.79 Å². The number of rotatable bonds is 3. The van der Waals surface area contributed by atoms with Crippen molar-refractivity contribution < 1.29 is 24.2 Å². The molecule has 0 saturated carbocycles. The van der Waals surface area contributed by atoms with E-state index in [4.69, 9.17) is 4.74 Å². The maximum Gasteiger partial charge on any atom is 0.340 e. The molecule has 5 heteroatoms. The van der Waals surface area contributed by atoms with Gasteiger partial charge in [0.1, 0.15) is 11.5 Å². The van der Waals surface area contributed by atoms with E-state index in [2.05, 4.69) is 0 Å². The minimum Gasteiger partial charge on any atom is -0.478 e. The van der Waals surface area contributed by atoms with Gasteiger partial charge in [-0.15, -0.1) is 0 Å². The van der Waals surface area contributed by atoms with Gasteiger partial charge in [-0.1, -0.05) is 60.7 Å². The summed E-state index contributed by atoms with van der Waals surface area (Å²) in [5.74, 6) is -4.25. The Bertz CT molecular complexity index is 806. The highest BCUT2D eigenvalue weighted by Gasteiger charge is 2.44. The molecule has 114 valence electrons. The summed E-state index contributed by atoms with van der Waals surface area (Å²) in [5.41, 5.74) is 0.488. The molecule has 1 aliphatic heterocycles. The van der Waals surface area contributed by atoms with Crippen LogP contribution in [0.4, 0.5) is 0 Å². The lowest BCUT2D eigenvalue weighted by atomic mass is 9.93. The largest absolute Gasteiger partial charge is 0.478 e. The molecular formula is C18H12O5. The molecule has 0 unspecified atom stereocenters. The third kappa shape index (κ3) is 2.64. The van der Waals surface area contributed by atoms with Crippen molar-refractivity contribution in [1.29, 1.82) is 0 Å². The normalized spacial score (nSPS) is 19.4. The molecule has 0 aromatic heterocycles. The minimum absolute atomic E-state index is 0.303. The highest BCUT2D eigenvalue weighted by Crippen LogP contribution is 2.34. The van der Waals surface area contributed by atoms with E-state index in [9.17, 15) is 19.5 Å². The number of allylic oxidation sites excluding steroid dienone is 1. The first kappa shape index (κ1) is 14.7. The third-order valence-corrected chi connectivity index (χ3v) is 3.56. The third-order valence-electron chi connectivity index (χ3n) is 3.56. The smallest absolute Gasteiger partial charge is 0.340 e. The molecule has 2 aromatic rings. The second kappa shape index (κ2) is 5.88. The molecule has 0 spiro atoms. The second-order valence-electron chi connectivity index (χ2n) is 5.00. The molecule has 0 radical (unpaired) electrons. The summed E-state index contributed by atoms with van der Waals surface area (Å²) in [5, 5.41) is 9.45. The van der Waals surface area contributed by atoms with Crippen LogP contribution in [-0.2, 0) is 19.1 Å². The predicted molar refractivity (Wildman–Crippen MR) is 81.3 cm³/mol. The minimum atomic E-state index is -1.32. The number of Topliss-reactive ketones (excluding diaryl/α,β-unsaturated/α-hetero) is 1. The molecule has 1 heterocycles. The summed E-state index contributed by atoms with van der Waals surface area (Å²) in [6.07, 6.45) is 0. The second-order valence-corrected chi connectivity index (χ2v) is 5.00. The van der Waals surface area contributed by atoms with Gasteiger partial charge in [0, 0.05) is 0 Å². The SMILES string of the molecule is O=C(O)C(=C1OC(=O)[C@H](c2ccccc2)C1=O)c1ccccc1. The summed E-state index contributed by atoms with van der Waals surface area (Å²) in [4.78, 5) is 36.2. The fourth-order valence-electron chi connectivity index (χ4n) is 2.51. The predicted octanol–water partition coefficient (Wildman–Crippen LogP) is 2.39. The van der Waals surface area contributed by atoms with Crippen LogP contribution in [-0.4, -0.2) is 22.8 Å². The van der Waals surface area contributed by atoms with Crippen molar-refractivity contribution in [2.45, 2.75) is 5.92 Å². The molecule has 1 aliphatic rings. The van der Waals surface area contributed by atoms with Crippen molar-refractivity contribution in [1.82, 2.24) is 0 Å². The van der Waals surface area contributed by atoms with Crippen molar-refractivity contribution in [2.75, 3.05) is 0 Å². The average molecular weight is 308 g/mol. The Morgan fingerprint density at radius 3 is 2.04 bits per heavy atom. The van der Waals surface area contributed by atoms with E-state index in [1.54, 1.807) is 60.7 Å². The summed E-state index contributed by atoms with van der Waals surface area (Å²) in [6.45, 7) is 0. The number of carbonyl (C=O) groups is 3. The molecule has 1 N–H and O–H groups in total. The molecule has 23 heavy (non-hydrogen) atoms. The number of ether oxygens (including phenoxy) is 1. The monoisotopic (exact) mass is 308 g/mol. The van der Waals surface area contributed by atoms with E-state index >= 15 is 0 Å². The molecule has 1 fully saturated rings. The molecule has 0 amide bonds. The number of cyclic esters (lactones) is 1. The van der Waals surface area contributed by atoms with Gasteiger partial charge in [0.25, 0.3) is 0 Å². The summed E-state index contributed by atoms with van der Waals surface area (Å²) >= 11 is 0. The van der Waals surface area contributed by atoms with Crippen molar-refractivity contribution in [3.63, 3.8) is 0 Å². The standard InChI is InChI=1S/C18H12O5/c19-15-13(11-7-3-1-4-8-11)18(22)23-16(15)14(17(20)21)12-9-5-2-6-10-12/h1-10,13H,(H,20,21)/t13-/m1/s1. The van der Waals surface area contributed by atoms with Gasteiger partial charge in [-0.3, -0.25) is 9.59 Å². The Kier molecular flexibility index (Phi) is 3.76. The Morgan fingerprint density at radius 1 is 0.913 bits per heavy atom. The zero-order valence-corrected chi connectivity index (χ0v) is 11.9. The van der Waals surface area contributed by atoms with Crippen LogP contribution in [0.2, 0.25) is 0 Å². The van der Waals surface area contributed by atoms with Crippen LogP contribution >= 0.6 is 0 Å². The maximum absolute atomic E-state index is 12.6. The van der Waals surface area contributed by atoms with Crippen LogP contribution in [0.1, 0.15) is 17.0 Å². The number of hydrogen-bond acceptors (Lipinski definition) is 4. The zero-order valence-electron chi connectivity index (χ0n) is 11.9. The lowest BCUT2D eigenvalue weighted by Crippen LogP contribution is -2.13. The van der Waals surface area contributed by atoms with Crippen LogP contribution < -0.4 is 0 Å². The first-order valence-electron chi connectivity index (χ1n) is 6.93. The topological polar surface area (TPSA) is 80.7 Å². The molecule has 1 saturated heterocycles. The van der Waals surface area contributed by atoms with Gasteiger partial charge in [0.2, 0.25) is 5.78 Å². The molecule has 3 rings (SSSR count). The van der Waals surface area contributed by atoms with Crippen LogP contribution in [0.5, 0.6) is 0 Å². The van der Waals surface area contributed by atoms with Crippen molar-refractivity contribution in [3.05, 3.63) is 77.5 Å². The lowest BCUT2D eigenvalue weighted by molar-refractivity contribution is -0.136. The van der Waals surface area contributed by atoms with Gasteiger partial charge in [0.15, 0.2) is 5.76 Å². The van der Waals surface area contributed by atoms with Crippen LogP contribution in [0.3, 0.4) is 0 Å². The Morgan fingerprint density at radius 2 is 1.48 bits per heavy atom. The van der Waals surface area contributed by atoms with Crippen LogP contribution in [0.25, 0.3) is 5.57 Å². The quantitative estimate of drug-likeness (QED) is 0.535. The molecule has 0 bridgehead atoms. The summed E-state index contributed by atoms with van der Waals surface area (Å²) in [7, 11) is 0. The number of hydrogen-bond donors (Lipinski definition) is 1. The Labute approximate surface area is 131 Å². The average Bonchev–Trinajstić information content (AvgIpc) is 2.84. The Hall–Kier alpha value is -3.21. The van der Waals surface area contributed by atoms with Crippen molar-refractivity contribution >= 4 is 23.3 Å². The number of benzene rings is 2. The zero-order chi connectivity index (χ0) is 16.4. The number of esters is 1. The lowest BCUT2D eigenvalue weighted by Gasteiger charge is -2.05. The fourth-order valence-corrected chi connectivity index (χ4v) is 2.51. The van der Waals surface area contributed by atoms with Gasteiger partial charge in [-0.2, -0.15) is 0 Å². The molecular weight excluding hydrogens is 296 g/mol. The van der Waals surface area contributed by atoms with Gasteiger partial charge in [0.05, 0.1) is 0 Å². The van der Waals surface area contributed by atoms with E-state index in [-0.39, 0.29) is 5.57 Å². The van der Waals surface area contributed by atoms with E-state index in [0.29, 0.717) is 11.1 Å². The number of ketones is 1. The molecule has 2 aromatic carbocycles. The molecule has 0 aliphatic carbocycles. The van der Waals surface area contributed by atoms with Gasteiger partial charge in [-0.05, 0) is 11.1 Å². The molecule has 5 nitrogen and oxygen atoms in total. The summed E-state index contributed by atoms with van der Waals surface area (Å²) < 4.78 is 5.03. The van der Waals surface area contributed by atoms with E-state index in [0.717, 1.165) is 0 Å². The summed E-state index contributed by atoms with van der Waals surface area (Å²) in [6, 6.07) is 16.6. The van der Waals surface area contributed by atoms with E-state index in [1.165, 1.54) is 0 Å². The van der Waals surface area contributed by atoms with Crippen molar-refractivity contribution in [2.24, 2.45) is 0 Å². The number of carboxylic acid groups (broad SMARTS) is 1. The van der Waals surface area contributed by atoms with E-state index in [1.807, 2.05) is 0 Å². The van der Waals surface area contributed by atoms with Crippen LogP contribution in [0.15, 0.2) is 66.4 Å². The maximum atomic E-state index is 12.6. The van der Waals surface area contributed by atoms with Crippen molar-refractivity contribution in [3.8, 4) is 0 Å². The van der Waals surface area contributed by atoms with Crippen LogP contribution in [0, 0.1) is 0 Å². The number of carboxylic acids is 1. The van der Waals surface area contributed by atoms with E-state index < -0.39 is 29.4 Å². The first-order chi connectivity index (χ1) is 11.1. The fraction of sp³-hybridized carbons (Fsp3) is 0.0556. The first-order valence-corrected chi connectivity index (χ1v) is 6.93. The number of aliphatic carboxylic acids is 1. The number of carbonyl (C=O) groups excluding carboxylic acids is 2. The highest BCUT2D eigenvalue weighted by atomic mass is 16.6. The highest BCUT2D eigenvalue weighted by molar-refractivity contribution is 6.28. The van der Waals surface area contributed by atoms with Gasteiger partial charge >= 0.3 is 11.9 Å².